The molecule has 536 valence electrons. The number of aliphatic imine (C=N–C) groups is 3. The smallest absolute Gasteiger partial charge is 0.296 e. The van der Waals surface area contributed by atoms with E-state index in [0.29, 0.717) is 0 Å². The summed E-state index contributed by atoms with van der Waals surface area (Å²) in [7, 11) is -30.9. The van der Waals surface area contributed by atoms with Crippen LogP contribution in [0, 0.1) is 0 Å². The third kappa shape index (κ3) is 17.5. The molecule has 0 aliphatic carbocycles. The molecule has 0 aromatic heterocycles. The quantitative estimate of drug-likeness (QED) is 0.0120. The van der Waals surface area contributed by atoms with Crippen molar-refractivity contribution in [3.8, 4) is 11.5 Å². The second-order valence-electron chi connectivity index (χ2n) is 22.0. The van der Waals surface area contributed by atoms with Gasteiger partial charge in [-0.05, 0) is 107 Å². The average molecular weight is 1520 g/mol. The number of hydrazine groups is 1. The van der Waals surface area contributed by atoms with E-state index in [-0.39, 0.29) is 137 Å². The second kappa shape index (κ2) is 29.4. The third-order valence-electron chi connectivity index (χ3n) is 15.1. The number of benzene rings is 8. The predicted molar refractivity (Wildman–Crippen MR) is 370 cm³/mol. The van der Waals surface area contributed by atoms with Gasteiger partial charge in [0.2, 0.25) is 24.2 Å². The van der Waals surface area contributed by atoms with Crippen molar-refractivity contribution in [2.45, 2.75) is 35.7 Å². The minimum absolute atomic E-state index is 0.00671. The summed E-state index contributed by atoms with van der Waals surface area (Å²) in [6.45, 7) is 1.47. The Labute approximate surface area is 580 Å². The van der Waals surface area contributed by atoms with Crippen LogP contribution < -0.4 is 32.0 Å². The third-order valence-corrected chi connectivity index (χ3v) is 20.3. The Hall–Kier alpha value is -10.2. The first-order valence-electron chi connectivity index (χ1n) is 29.5. The summed E-state index contributed by atoms with van der Waals surface area (Å²) in [5, 5.41) is 54.1. The van der Waals surface area contributed by atoms with Crippen molar-refractivity contribution in [2.24, 2.45) is 35.4 Å². The molecule has 3 aliphatic heterocycles. The van der Waals surface area contributed by atoms with E-state index in [4.69, 9.17) is 9.47 Å². The SMILES string of the molecule is O=S(=O)(O)c1cc(NC(=NCNc2ccc(/C=C\c3ccc(NC4=NC(Nc5cc(S(=O)(=O)O)cc6cc(S(=O)(=O)O)c(N=Nc7ccccc7)c(O)c56)N=C(N5CCOCC5)N4)cc3S(=O)(=O)O)c(S(=O)(=O)O)c2)NN2CCOCC2)c2c(O)c(N=Nc3ccccc3)c(S(=O)(=O)O)cc2c1. The maximum absolute atomic E-state index is 13.2. The average Bonchev–Trinajstić information content (AvgIpc) is 0.752. The van der Waals surface area contributed by atoms with E-state index in [1.165, 1.54) is 48.5 Å². The fourth-order valence-electron chi connectivity index (χ4n) is 10.4. The number of guanidine groups is 3. The van der Waals surface area contributed by atoms with E-state index in [2.05, 4.69) is 67.4 Å². The van der Waals surface area contributed by atoms with Crippen LogP contribution >= 0.6 is 0 Å². The van der Waals surface area contributed by atoms with Gasteiger partial charge < -0.3 is 45.9 Å². The van der Waals surface area contributed by atoms with Crippen LogP contribution in [0.2, 0.25) is 0 Å². The number of aromatic hydroxyl groups is 2. The van der Waals surface area contributed by atoms with Crippen LogP contribution in [-0.4, -0.2) is 181 Å². The van der Waals surface area contributed by atoms with E-state index in [0.717, 1.165) is 60.7 Å². The molecule has 0 saturated carbocycles. The van der Waals surface area contributed by atoms with Gasteiger partial charge in [0.15, 0.2) is 11.5 Å². The Bertz CT molecular complexity index is 5570. The van der Waals surface area contributed by atoms with Crippen molar-refractivity contribution in [1.29, 1.82) is 0 Å². The standard InChI is InChI=1S/C59H57N15O22S6/c75-54-50-36(27-48(101(89,90)91)52(54)70-68-38-7-3-1-4-8-38)25-42(97(77,78)79)31-44(50)63-56(72-74-19-23-96-24-20-74)61-33-60-40-15-13-34(46(29-40)99(83,84)85)11-12-35-14-16-41(30-47(35)100(86,87)88)62-57-65-58(67-59(66-57)73-17-21-95-22-18-73)64-45-32-43(98(80,81)82)26-37-28-49(102(92,93)94)53(55(76)51(37)45)71-69-39-9-5-2-6-10-39/h1-16,25-32,58,60,64,75-76H,17-24,33H2,(H2,61,63,72)(H,77,78,79)(H,80,81,82)(H,83,84,85)(H,86,87,88)(H,89,90,91)(H,92,93,94)(H2,62,65,66,67)/b12-11-,70-68?,71-69?. The van der Waals surface area contributed by atoms with Gasteiger partial charge in [-0.25, -0.2) is 20.0 Å². The number of hydrogen-bond acceptors (Lipinski definition) is 29. The molecule has 43 heteroatoms. The molecule has 8 aromatic carbocycles. The molecule has 2 saturated heterocycles. The molecule has 102 heavy (non-hydrogen) atoms. The molecule has 3 heterocycles. The molecule has 1 atom stereocenters. The van der Waals surface area contributed by atoms with Gasteiger partial charge >= 0.3 is 0 Å². The van der Waals surface area contributed by atoms with Crippen LogP contribution in [0.1, 0.15) is 11.1 Å². The number of ether oxygens (including phenoxy) is 2. The van der Waals surface area contributed by atoms with Crippen molar-refractivity contribution in [3.05, 3.63) is 145 Å². The number of phenolic OH excluding ortho intramolecular Hbond substituents is 2. The van der Waals surface area contributed by atoms with Crippen molar-refractivity contribution < 1.29 is 97.5 Å². The van der Waals surface area contributed by atoms with Crippen LogP contribution in [0.5, 0.6) is 11.5 Å². The van der Waals surface area contributed by atoms with Gasteiger partial charge in [-0.15, -0.1) is 10.2 Å². The van der Waals surface area contributed by atoms with Gasteiger partial charge in [0.1, 0.15) is 37.6 Å². The number of morpholine rings is 2. The molecule has 2 fully saturated rings. The van der Waals surface area contributed by atoms with E-state index in [9.17, 15) is 88.0 Å². The topological polar surface area (TPSA) is 550 Å². The van der Waals surface area contributed by atoms with E-state index in [1.807, 2.05) is 0 Å². The van der Waals surface area contributed by atoms with Crippen LogP contribution in [0.15, 0.2) is 198 Å². The Kier molecular flexibility index (Phi) is 21.0. The Morgan fingerprint density at radius 1 is 0.520 bits per heavy atom. The van der Waals surface area contributed by atoms with E-state index in [1.54, 1.807) is 46.3 Å². The Morgan fingerprint density at radius 3 is 1.47 bits per heavy atom. The van der Waals surface area contributed by atoms with Gasteiger partial charge in [-0.1, -0.05) is 60.7 Å². The monoisotopic (exact) mass is 1520 g/mol. The lowest BCUT2D eigenvalue weighted by atomic mass is 10.1. The molecular formula is C59H57N15O22S6. The largest absolute Gasteiger partial charge is 0.505 e. The molecule has 37 nitrogen and oxygen atoms in total. The second-order valence-corrected chi connectivity index (χ2v) is 30.4. The lowest BCUT2D eigenvalue weighted by Crippen LogP contribution is -2.53. The lowest BCUT2D eigenvalue weighted by molar-refractivity contribution is 0.0248. The molecule has 1 unspecified atom stereocenters. The summed E-state index contributed by atoms with van der Waals surface area (Å²) in [5.41, 5.74) is 0.640. The van der Waals surface area contributed by atoms with Crippen LogP contribution in [0.25, 0.3) is 33.7 Å². The molecule has 0 amide bonds. The first-order chi connectivity index (χ1) is 48.1. The number of nitrogens with one attached hydrogen (secondary N) is 6. The molecule has 0 spiro atoms. The highest BCUT2D eigenvalue weighted by Gasteiger charge is 2.31. The number of azo groups is 2. The van der Waals surface area contributed by atoms with Crippen molar-refractivity contribution in [3.63, 3.8) is 0 Å². The Morgan fingerprint density at radius 2 is 0.980 bits per heavy atom. The number of rotatable bonds is 20. The summed E-state index contributed by atoms with van der Waals surface area (Å²) in [6.07, 6.45) is 0.686. The normalized spacial score (nSPS) is 16.3. The Balaban J connectivity index is 0.888. The summed E-state index contributed by atoms with van der Waals surface area (Å²) in [5.74, 6) is -2.17. The highest BCUT2D eigenvalue weighted by Crippen LogP contribution is 2.47. The number of anilines is 4. The number of fused-ring (bicyclic) bond motifs is 2. The van der Waals surface area contributed by atoms with E-state index >= 15 is 0 Å². The fraction of sp³-hybridized carbons (Fsp3) is 0.169. The molecule has 8 aromatic rings. The van der Waals surface area contributed by atoms with E-state index < -0.39 is 126 Å². The van der Waals surface area contributed by atoms with Crippen molar-refractivity contribution >= 4 is 158 Å². The predicted octanol–water partition coefficient (Wildman–Crippen LogP) is 7.01. The summed E-state index contributed by atoms with van der Waals surface area (Å²) < 4.78 is 227. The van der Waals surface area contributed by atoms with Gasteiger partial charge in [0, 0.05) is 48.3 Å². The minimum atomic E-state index is -5.22. The number of phenols is 2. The van der Waals surface area contributed by atoms with Gasteiger partial charge in [0.05, 0.1) is 59.0 Å². The zero-order chi connectivity index (χ0) is 73.1. The maximum atomic E-state index is 13.2. The van der Waals surface area contributed by atoms with Gasteiger partial charge in [0.25, 0.3) is 60.7 Å². The molecule has 14 N–H and O–H groups in total. The van der Waals surface area contributed by atoms with Crippen LogP contribution in [0.3, 0.4) is 0 Å². The maximum Gasteiger partial charge on any atom is 0.296 e. The molecule has 3 aliphatic rings. The number of hydrogen-bond donors (Lipinski definition) is 14. The zero-order valence-electron chi connectivity index (χ0n) is 52.1. The fourth-order valence-corrected chi connectivity index (χ4v) is 14.2. The molecule has 0 bridgehead atoms. The van der Waals surface area contributed by atoms with Crippen LogP contribution in [0.4, 0.5) is 45.5 Å². The first kappa shape index (κ1) is 73.0. The van der Waals surface area contributed by atoms with Crippen LogP contribution in [-0.2, 0) is 70.2 Å². The van der Waals surface area contributed by atoms with Gasteiger partial charge in [-0.3, -0.25) is 38.1 Å². The molecular weight excluding hydrogens is 1460 g/mol. The van der Waals surface area contributed by atoms with Crippen molar-refractivity contribution in [1.82, 2.24) is 20.7 Å². The summed E-state index contributed by atoms with van der Waals surface area (Å²) in [4.78, 5) is 10.2. The van der Waals surface area contributed by atoms with Crippen molar-refractivity contribution in [2.75, 3.05) is 80.5 Å². The van der Waals surface area contributed by atoms with Gasteiger partial charge in [-0.2, -0.15) is 60.7 Å². The zero-order valence-corrected chi connectivity index (χ0v) is 57.0. The highest BCUT2D eigenvalue weighted by atomic mass is 32.2. The highest BCUT2D eigenvalue weighted by molar-refractivity contribution is 7.87. The lowest BCUT2D eigenvalue weighted by Gasteiger charge is -2.33. The summed E-state index contributed by atoms with van der Waals surface area (Å²) >= 11 is 0. The first-order valence-corrected chi connectivity index (χ1v) is 38.1. The summed E-state index contributed by atoms with van der Waals surface area (Å²) in [6, 6.07) is 27.7. The molecule has 0 radical (unpaired) electrons. The molecule has 11 rings (SSSR count). The minimum Gasteiger partial charge on any atom is -0.505 e. The number of nitrogens with zero attached hydrogens (tertiary/aromatic N) is 9.